The minimum absolute atomic E-state index is 0.532. The Hall–Kier alpha value is -5.82. The quantitative estimate of drug-likeness (QED) is 0.155. The first kappa shape index (κ1) is 33.3. The minimum atomic E-state index is 0.532. The molecule has 8 rings (SSSR count). The van der Waals surface area contributed by atoms with Gasteiger partial charge in [0, 0.05) is 22.3 Å². The van der Waals surface area contributed by atoms with Crippen LogP contribution in [0.2, 0.25) is 0 Å². The zero-order chi connectivity index (χ0) is 35.4. The van der Waals surface area contributed by atoms with E-state index in [-0.39, 0.29) is 0 Å². The molecule has 0 radical (unpaired) electrons. The van der Waals surface area contributed by atoms with Gasteiger partial charge in [0.05, 0.1) is 0 Å². The standard InChI is InChI=1S/C52H44/c1-4-6-12-44-27-29-47-34-39(18-19-40-21-25-42-15-9-11-36(3)50(42)35-40)23-31-49(47)52(44)51-43(10-5-2)26-28-46-33-38(22-30-48(46)51)17-16-37-20-24-41-13-7-8-14-45(41)32-37/h7-9,13-15,20-36H,4-6,10-12H2,1-3H3. The van der Waals surface area contributed by atoms with Gasteiger partial charge in [0.15, 0.2) is 0 Å². The molecule has 0 fully saturated rings. The normalized spacial score (nSPS) is 13.4. The first-order valence-corrected chi connectivity index (χ1v) is 19.0. The van der Waals surface area contributed by atoms with Crippen LogP contribution >= 0.6 is 0 Å². The van der Waals surface area contributed by atoms with Crippen LogP contribution in [-0.4, -0.2) is 0 Å². The number of fused-ring (bicyclic) bond motifs is 4. The maximum atomic E-state index is 3.50. The molecule has 7 aromatic carbocycles. The van der Waals surface area contributed by atoms with Gasteiger partial charge in [-0.15, -0.1) is 0 Å². The summed E-state index contributed by atoms with van der Waals surface area (Å²) >= 11 is 0. The van der Waals surface area contributed by atoms with Crippen LogP contribution in [0.5, 0.6) is 0 Å². The topological polar surface area (TPSA) is 0 Å². The first-order chi connectivity index (χ1) is 25.6. The molecule has 0 nitrogen and oxygen atoms in total. The van der Waals surface area contributed by atoms with E-state index in [0.717, 1.165) is 47.9 Å². The molecule has 1 atom stereocenters. The van der Waals surface area contributed by atoms with Gasteiger partial charge in [0.1, 0.15) is 0 Å². The summed E-state index contributed by atoms with van der Waals surface area (Å²) in [4.78, 5) is 0. The summed E-state index contributed by atoms with van der Waals surface area (Å²) in [7, 11) is 0. The predicted molar refractivity (Wildman–Crippen MR) is 224 cm³/mol. The van der Waals surface area contributed by atoms with Crippen LogP contribution in [0.25, 0.3) is 49.5 Å². The molecular weight excluding hydrogens is 625 g/mol. The van der Waals surface area contributed by atoms with E-state index in [1.807, 2.05) is 0 Å². The van der Waals surface area contributed by atoms with E-state index in [0.29, 0.717) is 5.92 Å². The highest BCUT2D eigenvalue weighted by Crippen LogP contribution is 2.41. The molecule has 252 valence electrons. The Kier molecular flexibility index (Phi) is 9.49. The fourth-order valence-corrected chi connectivity index (χ4v) is 7.86. The molecule has 52 heavy (non-hydrogen) atoms. The van der Waals surface area contributed by atoms with Crippen LogP contribution in [0.3, 0.4) is 0 Å². The summed E-state index contributed by atoms with van der Waals surface area (Å²) in [6.45, 7) is 6.87. The van der Waals surface area contributed by atoms with Crippen molar-refractivity contribution >= 4 is 38.4 Å². The molecule has 0 heterocycles. The summed E-state index contributed by atoms with van der Waals surface area (Å²) in [5, 5.41) is 7.53. The number of hydrogen-bond donors (Lipinski definition) is 0. The molecule has 0 aliphatic heterocycles. The summed E-state index contributed by atoms with van der Waals surface area (Å²) in [5.41, 5.74) is 12.5. The van der Waals surface area contributed by atoms with Gasteiger partial charge in [-0.3, -0.25) is 0 Å². The average molecular weight is 669 g/mol. The van der Waals surface area contributed by atoms with Gasteiger partial charge in [0.25, 0.3) is 0 Å². The summed E-state index contributed by atoms with van der Waals surface area (Å²) < 4.78 is 0. The number of unbranched alkanes of at least 4 members (excludes halogenated alkanes) is 1. The zero-order valence-corrected chi connectivity index (χ0v) is 30.5. The Morgan fingerprint density at radius 3 is 1.69 bits per heavy atom. The van der Waals surface area contributed by atoms with Crippen molar-refractivity contribution in [1.29, 1.82) is 0 Å². The number of aryl methyl sites for hydroxylation is 2. The SMILES string of the molecule is CCCCc1ccc2cc(C#Cc3ccc4c(c3)C(C)CC=C4)ccc2c1-c1c(CCC)ccc2cc(C#Cc3ccc4ccccc4c3)ccc12. The fraction of sp³-hybridized carbons (Fsp3) is 0.192. The Morgan fingerprint density at radius 2 is 1.06 bits per heavy atom. The largest absolute Gasteiger partial charge is 0.0833 e. The monoisotopic (exact) mass is 668 g/mol. The predicted octanol–water partition coefficient (Wildman–Crippen LogP) is 13.4. The third kappa shape index (κ3) is 6.79. The number of benzene rings is 7. The van der Waals surface area contributed by atoms with Crippen LogP contribution in [0, 0.1) is 23.7 Å². The molecule has 1 unspecified atom stereocenters. The molecule has 0 N–H and O–H groups in total. The van der Waals surface area contributed by atoms with E-state index >= 15 is 0 Å². The van der Waals surface area contributed by atoms with Crippen molar-refractivity contribution in [3.63, 3.8) is 0 Å². The lowest BCUT2D eigenvalue weighted by Crippen LogP contribution is -2.00. The van der Waals surface area contributed by atoms with Crippen molar-refractivity contribution in [3.05, 3.63) is 172 Å². The molecule has 7 aromatic rings. The first-order valence-electron chi connectivity index (χ1n) is 19.0. The van der Waals surface area contributed by atoms with Crippen molar-refractivity contribution in [2.24, 2.45) is 0 Å². The lowest BCUT2D eigenvalue weighted by Gasteiger charge is -2.20. The van der Waals surface area contributed by atoms with Gasteiger partial charge in [-0.1, -0.05) is 142 Å². The second-order valence-corrected chi connectivity index (χ2v) is 14.4. The summed E-state index contributed by atoms with van der Waals surface area (Å²) in [5.74, 6) is 14.4. The smallest absolute Gasteiger partial charge is 0.0255 e. The Bertz CT molecular complexity index is 2620. The van der Waals surface area contributed by atoms with E-state index < -0.39 is 0 Å². The number of rotatable bonds is 6. The molecule has 0 aromatic heterocycles. The number of allylic oxidation sites excluding steroid dienone is 1. The summed E-state index contributed by atoms with van der Waals surface area (Å²) in [6.07, 6.45) is 11.1. The Balaban J connectivity index is 1.21. The molecule has 0 saturated carbocycles. The molecule has 1 aliphatic rings. The van der Waals surface area contributed by atoms with Crippen LogP contribution in [-0.2, 0) is 12.8 Å². The van der Waals surface area contributed by atoms with Crippen molar-refractivity contribution < 1.29 is 0 Å². The zero-order valence-electron chi connectivity index (χ0n) is 30.5. The van der Waals surface area contributed by atoms with Gasteiger partial charge in [-0.2, -0.15) is 0 Å². The molecular formula is C52H44. The van der Waals surface area contributed by atoms with Crippen molar-refractivity contribution in [2.45, 2.75) is 65.2 Å². The highest BCUT2D eigenvalue weighted by atomic mass is 14.2. The van der Waals surface area contributed by atoms with Crippen LogP contribution in [0.4, 0.5) is 0 Å². The molecule has 0 bridgehead atoms. The van der Waals surface area contributed by atoms with E-state index in [1.54, 1.807) is 0 Å². The van der Waals surface area contributed by atoms with E-state index in [4.69, 9.17) is 0 Å². The van der Waals surface area contributed by atoms with Crippen molar-refractivity contribution in [1.82, 2.24) is 0 Å². The minimum Gasteiger partial charge on any atom is -0.0833 e. The maximum absolute atomic E-state index is 3.50. The third-order valence-corrected chi connectivity index (χ3v) is 10.6. The van der Waals surface area contributed by atoms with Crippen LogP contribution < -0.4 is 0 Å². The van der Waals surface area contributed by atoms with Gasteiger partial charge in [-0.05, 0) is 146 Å². The van der Waals surface area contributed by atoms with E-state index in [9.17, 15) is 0 Å². The highest BCUT2D eigenvalue weighted by Gasteiger charge is 2.17. The maximum Gasteiger partial charge on any atom is 0.0255 e. The van der Waals surface area contributed by atoms with Gasteiger partial charge >= 0.3 is 0 Å². The number of hydrogen-bond acceptors (Lipinski definition) is 0. The Labute approximate surface area is 309 Å². The fourth-order valence-electron chi connectivity index (χ4n) is 7.86. The molecule has 1 aliphatic carbocycles. The lowest BCUT2D eigenvalue weighted by atomic mass is 9.84. The van der Waals surface area contributed by atoms with Gasteiger partial charge in [-0.25, -0.2) is 0 Å². The van der Waals surface area contributed by atoms with Crippen LogP contribution in [0.1, 0.15) is 96.9 Å². The molecule has 0 spiro atoms. The second kappa shape index (κ2) is 14.8. The van der Waals surface area contributed by atoms with E-state index in [2.05, 4.69) is 178 Å². The van der Waals surface area contributed by atoms with Crippen molar-refractivity contribution in [3.8, 4) is 34.8 Å². The lowest BCUT2D eigenvalue weighted by molar-refractivity contribution is 0.771. The molecule has 0 saturated heterocycles. The van der Waals surface area contributed by atoms with Crippen LogP contribution in [0.15, 0.2) is 127 Å². The van der Waals surface area contributed by atoms with E-state index in [1.165, 1.54) is 78.5 Å². The Morgan fingerprint density at radius 1 is 0.519 bits per heavy atom. The van der Waals surface area contributed by atoms with Crippen molar-refractivity contribution in [2.75, 3.05) is 0 Å². The van der Waals surface area contributed by atoms with Gasteiger partial charge in [0.2, 0.25) is 0 Å². The highest BCUT2D eigenvalue weighted by molar-refractivity contribution is 6.08. The second-order valence-electron chi connectivity index (χ2n) is 14.4. The average Bonchev–Trinajstić information content (AvgIpc) is 3.18. The third-order valence-electron chi connectivity index (χ3n) is 10.6. The molecule has 0 heteroatoms. The summed E-state index contributed by atoms with van der Waals surface area (Å²) in [6, 6.07) is 44.5. The van der Waals surface area contributed by atoms with Gasteiger partial charge < -0.3 is 0 Å². The molecule has 0 amide bonds.